The Bertz CT molecular complexity index is 676. The van der Waals surface area contributed by atoms with E-state index in [1.165, 1.54) is 0 Å². The van der Waals surface area contributed by atoms with Crippen LogP contribution in [0.3, 0.4) is 0 Å². The molecule has 0 aliphatic rings. The zero-order chi connectivity index (χ0) is 11.8. The fourth-order valence-corrected chi connectivity index (χ4v) is 1.93. The Kier molecular flexibility index (Phi) is 2.30. The predicted octanol–water partition coefficient (Wildman–Crippen LogP) is 2.75. The van der Waals surface area contributed by atoms with Gasteiger partial charge in [0.1, 0.15) is 0 Å². The number of aryl methyl sites for hydroxylation is 1. The van der Waals surface area contributed by atoms with Gasteiger partial charge < -0.3 is 0 Å². The average molecular weight is 245 g/mol. The number of rotatable bonds is 1. The van der Waals surface area contributed by atoms with Crippen LogP contribution in [0, 0.1) is 6.92 Å². The first-order chi connectivity index (χ1) is 8.24. The SMILES string of the molecule is Cc1cc(-c2ccccc2)n2nc(Cl)nc2n1. The maximum Gasteiger partial charge on any atom is 0.254 e. The van der Waals surface area contributed by atoms with Crippen LogP contribution in [0.25, 0.3) is 17.0 Å². The predicted molar refractivity (Wildman–Crippen MR) is 66.0 cm³/mol. The molecule has 0 amide bonds. The fraction of sp³-hybridized carbons (Fsp3) is 0.0833. The van der Waals surface area contributed by atoms with Crippen molar-refractivity contribution in [2.45, 2.75) is 6.92 Å². The van der Waals surface area contributed by atoms with Crippen molar-refractivity contribution in [3.8, 4) is 11.3 Å². The molecule has 5 heteroatoms. The van der Waals surface area contributed by atoms with E-state index in [1.807, 2.05) is 43.3 Å². The normalized spacial score (nSPS) is 10.9. The van der Waals surface area contributed by atoms with E-state index in [9.17, 15) is 0 Å². The lowest BCUT2D eigenvalue weighted by molar-refractivity contribution is 0.938. The molecule has 84 valence electrons. The first kappa shape index (κ1) is 10.2. The molecule has 17 heavy (non-hydrogen) atoms. The van der Waals surface area contributed by atoms with Gasteiger partial charge in [-0.25, -0.2) is 4.98 Å². The van der Waals surface area contributed by atoms with Gasteiger partial charge in [-0.3, -0.25) is 0 Å². The van der Waals surface area contributed by atoms with Gasteiger partial charge in [0.05, 0.1) is 5.69 Å². The molecule has 1 aromatic carbocycles. The highest BCUT2D eigenvalue weighted by Crippen LogP contribution is 2.20. The largest absolute Gasteiger partial charge is 0.254 e. The monoisotopic (exact) mass is 244 g/mol. The van der Waals surface area contributed by atoms with Crippen LogP contribution in [-0.4, -0.2) is 19.6 Å². The second kappa shape index (κ2) is 3.82. The van der Waals surface area contributed by atoms with Crippen molar-refractivity contribution in [2.24, 2.45) is 0 Å². The van der Waals surface area contributed by atoms with Crippen LogP contribution >= 0.6 is 11.6 Å². The molecule has 3 rings (SSSR count). The van der Waals surface area contributed by atoms with Crippen LogP contribution in [0.5, 0.6) is 0 Å². The van der Waals surface area contributed by atoms with Crippen molar-refractivity contribution in [1.29, 1.82) is 0 Å². The second-order valence-corrected chi connectivity index (χ2v) is 4.08. The molecule has 0 spiro atoms. The van der Waals surface area contributed by atoms with E-state index in [-0.39, 0.29) is 5.28 Å². The number of halogens is 1. The number of fused-ring (bicyclic) bond motifs is 1. The molecule has 0 atom stereocenters. The second-order valence-electron chi connectivity index (χ2n) is 3.74. The first-order valence-corrected chi connectivity index (χ1v) is 5.57. The summed E-state index contributed by atoms with van der Waals surface area (Å²) in [5, 5.41) is 4.35. The summed E-state index contributed by atoms with van der Waals surface area (Å²) in [4.78, 5) is 8.35. The van der Waals surface area contributed by atoms with Crippen molar-refractivity contribution < 1.29 is 0 Å². The number of benzene rings is 1. The lowest BCUT2D eigenvalue weighted by atomic mass is 10.1. The van der Waals surface area contributed by atoms with Gasteiger partial charge in [-0.15, -0.1) is 5.10 Å². The summed E-state index contributed by atoms with van der Waals surface area (Å²) in [6.45, 7) is 1.93. The minimum Gasteiger partial charge on any atom is -0.216 e. The molecule has 0 saturated heterocycles. The van der Waals surface area contributed by atoms with Crippen molar-refractivity contribution in [1.82, 2.24) is 19.6 Å². The quantitative estimate of drug-likeness (QED) is 0.661. The van der Waals surface area contributed by atoms with Gasteiger partial charge in [-0.1, -0.05) is 30.3 Å². The van der Waals surface area contributed by atoms with E-state index in [2.05, 4.69) is 15.1 Å². The van der Waals surface area contributed by atoms with Gasteiger partial charge in [0.25, 0.3) is 5.78 Å². The Morgan fingerprint density at radius 1 is 1.12 bits per heavy atom. The van der Waals surface area contributed by atoms with Crippen LogP contribution < -0.4 is 0 Å². The maximum atomic E-state index is 5.81. The summed E-state index contributed by atoms with van der Waals surface area (Å²) in [7, 11) is 0. The number of nitrogens with zero attached hydrogens (tertiary/aromatic N) is 4. The summed E-state index contributed by atoms with van der Waals surface area (Å²) in [5.74, 6) is 0.522. The molecule has 0 fully saturated rings. The topological polar surface area (TPSA) is 43.1 Å². The standard InChI is InChI=1S/C12H9ClN4/c1-8-7-10(9-5-3-2-4-6-9)17-12(14-8)15-11(13)16-17/h2-7H,1H3. The third-order valence-electron chi connectivity index (χ3n) is 2.48. The molecule has 0 radical (unpaired) electrons. The van der Waals surface area contributed by atoms with Gasteiger partial charge in [-0.2, -0.15) is 9.50 Å². The minimum absolute atomic E-state index is 0.209. The van der Waals surface area contributed by atoms with Gasteiger partial charge >= 0.3 is 0 Å². The molecular formula is C12H9ClN4. The number of hydrogen-bond acceptors (Lipinski definition) is 3. The van der Waals surface area contributed by atoms with Gasteiger partial charge in [0.2, 0.25) is 5.28 Å². The van der Waals surface area contributed by atoms with E-state index < -0.39 is 0 Å². The van der Waals surface area contributed by atoms with Crippen LogP contribution in [-0.2, 0) is 0 Å². The zero-order valence-corrected chi connectivity index (χ0v) is 9.89. The molecular weight excluding hydrogens is 236 g/mol. The highest BCUT2D eigenvalue weighted by atomic mass is 35.5. The molecule has 0 aliphatic carbocycles. The van der Waals surface area contributed by atoms with Crippen molar-refractivity contribution in [2.75, 3.05) is 0 Å². The summed E-state index contributed by atoms with van der Waals surface area (Å²) in [6.07, 6.45) is 0. The molecule has 2 aromatic heterocycles. The lowest BCUT2D eigenvalue weighted by Crippen LogP contribution is -1.98. The van der Waals surface area contributed by atoms with E-state index in [1.54, 1.807) is 4.52 Å². The molecule has 0 aliphatic heterocycles. The Balaban J connectivity index is 2.35. The first-order valence-electron chi connectivity index (χ1n) is 5.19. The lowest BCUT2D eigenvalue weighted by Gasteiger charge is -2.04. The Labute approximate surface area is 103 Å². The minimum atomic E-state index is 0.209. The van der Waals surface area contributed by atoms with Gasteiger partial charge in [-0.05, 0) is 24.6 Å². The molecule has 0 saturated carbocycles. The van der Waals surface area contributed by atoms with E-state index >= 15 is 0 Å². The molecule has 4 nitrogen and oxygen atoms in total. The summed E-state index contributed by atoms with van der Waals surface area (Å²) < 4.78 is 1.66. The third-order valence-corrected chi connectivity index (χ3v) is 2.64. The highest BCUT2D eigenvalue weighted by Gasteiger charge is 2.09. The summed E-state index contributed by atoms with van der Waals surface area (Å²) in [5.41, 5.74) is 2.89. The molecule has 2 heterocycles. The van der Waals surface area contributed by atoms with Gasteiger partial charge in [0.15, 0.2) is 0 Å². The van der Waals surface area contributed by atoms with E-state index in [0.717, 1.165) is 17.0 Å². The molecule has 0 N–H and O–H groups in total. The molecule has 3 aromatic rings. The number of hydrogen-bond donors (Lipinski definition) is 0. The number of aromatic nitrogens is 4. The Morgan fingerprint density at radius 3 is 2.65 bits per heavy atom. The fourth-order valence-electron chi connectivity index (χ4n) is 1.78. The van der Waals surface area contributed by atoms with Crippen molar-refractivity contribution in [3.63, 3.8) is 0 Å². The van der Waals surface area contributed by atoms with Gasteiger partial charge in [0, 0.05) is 11.3 Å². The van der Waals surface area contributed by atoms with Crippen LogP contribution in [0.4, 0.5) is 0 Å². The Hall–Kier alpha value is -1.94. The van der Waals surface area contributed by atoms with Crippen LogP contribution in [0.15, 0.2) is 36.4 Å². The zero-order valence-electron chi connectivity index (χ0n) is 9.13. The van der Waals surface area contributed by atoms with E-state index in [4.69, 9.17) is 11.6 Å². The van der Waals surface area contributed by atoms with Crippen LogP contribution in [0.2, 0.25) is 5.28 Å². The highest BCUT2D eigenvalue weighted by molar-refractivity contribution is 6.28. The van der Waals surface area contributed by atoms with Crippen LogP contribution in [0.1, 0.15) is 5.69 Å². The van der Waals surface area contributed by atoms with Crippen molar-refractivity contribution in [3.05, 3.63) is 47.4 Å². The maximum absolute atomic E-state index is 5.81. The molecule has 0 bridgehead atoms. The summed E-state index contributed by atoms with van der Waals surface area (Å²) in [6, 6.07) is 11.9. The average Bonchev–Trinajstić information content (AvgIpc) is 2.69. The third kappa shape index (κ3) is 1.76. The summed E-state index contributed by atoms with van der Waals surface area (Å²) >= 11 is 5.81. The van der Waals surface area contributed by atoms with Crippen molar-refractivity contribution >= 4 is 17.4 Å². The van der Waals surface area contributed by atoms with E-state index in [0.29, 0.717) is 5.78 Å². The smallest absolute Gasteiger partial charge is 0.216 e. The Morgan fingerprint density at radius 2 is 1.88 bits per heavy atom. The molecule has 0 unspecified atom stereocenters.